The number of carbonyl (C=O) groups excluding carboxylic acids is 1. The van der Waals surface area contributed by atoms with Gasteiger partial charge in [0.25, 0.3) is 0 Å². The second-order valence-electron chi connectivity index (χ2n) is 7.85. The normalized spacial score (nSPS) is 14.8. The number of hydrogen-bond acceptors (Lipinski definition) is 8. The molecule has 1 aliphatic heterocycles. The highest BCUT2D eigenvalue weighted by atomic mass is 16.5. The maximum atomic E-state index is 12.5. The summed E-state index contributed by atoms with van der Waals surface area (Å²) in [6, 6.07) is 8.06. The first-order valence-corrected chi connectivity index (χ1v) is 10.8. The summed E-state index contributed by atoms with van der Waals surface area (Å²) in [5.74, 6) is 2.70. The van der Waals surface area contributed by atoms with Gasteiger partial charge in [0.05, 0.1) is 6.54 Å². The van der Waals surface area contributed by atoms with E-state index in [-0.39, 0.29) is 5.91 Å². The molecule has 1 aromatic carbocycles. The highest BCUT2D eigenvalue weighted by Crippen LogP contribution is 2.17. The Morgan fingerprint density at radius 2 is 1.74 bits per heavy atom. The number of carbonyl (C=O) groups is 1. The fourth-order valence-electron chi connectivity index (χ4n) is 3.57. The summed E-state index contributed by atoms with van der Waals surface area (Å²) in [5, 5.41) is 7.98. The van der Waals surface area contributed by atoms with Gasteiger partial charge < -0.3 is 13.9 Å². The lowest BCUT2D eigenvalue weighted by Crippen LogP contribution is -2.48. The minimum Gasteiger partial charge on any atom is -0.340 e. The molecule has 0 aliphatic carbocycles. The van der Waals surface area contributed by atoms with E-state index in [0.717, 1.165) is 25.1 Å². The van der Waals surface area contributed by atoms with Gasteiger partial charge in [0.2, 0.25) is 23.5 Å². The molecule has 1 aliphatic rings. The molecule has 164 valence electrons. The van der Waals surface area contributed by atoms with Crippen molar-refractivity contribution in [2.45, 2.75) is 46.1 Å². The number of nitrogens with zero attached hydrogens (tertiary/aromatic N) is 6. The van der Waals surface area contributed by atoms with Gasteiger partial charge in [-0.05, 0) is 13.3 Å². The minimum absolute atomic E-state index is 0.175. The summed E-state index contributed by atoms with van der Waals surface area (Å²) in [6.07, 6.45) is 2.60. The molecule has 2 aromatic heterocycles. The topological polar surface area (TPSA) is 101 Å². The Kier molecular flexibility index (Phi) is 6.71. The zero-order chi connectivity index (χ0) is 21.6. The molecule has 1 fully saturated rings. The largest absolute Gasteiger partial charge is 0.340 e. The number of amides is 1. The van der Waals surface area contributed by atoms with E-state index < -0.39 is 0 Å². The van der Waals surface area contributed by atoms with Crippen LogP contribution in [-0.4, -0.2) is 62.2 Å². The Labute approximate surface area is 181 Å². The van der Waals surface area contributed by atoms with Crippen LogP contribution in [0.15, 0.2) is 33.3 Å². The number of benzene rings is 1. The molecule has 0 spiro atoms. The molecule has 4 rings (SSSR count). The van der Waals surface area contributed by atoms with Crippen LogP contribution in [0.3, 0.4) is 0 Å². The smallest absolute Gasteiger partial charge is 0.241 e. The number of rotatable bonds is 8. The van der Waals surface area contributed by atoms with Gasteiger partial charge in [0.15, 0.2) is 5.82 Å². The number of piperazine rings is 1. The van der Waals surface area contributed by atoms with Crippen LogP contribution in [0.4, 0.5) is 0 Å². The van der Waals surface area contributed by atoms with E-state index in [1.807, 2.05) is 43.0 Å². The standard InChI is InChI=1S/C22H28N6O3/c1-3-18-23-19(30-25-18)5-4-6-21(29)28-13-11-27(12-14-28)15-20-24-22(26-31-20)17-9-7-16(2)8-10-17/h7-10H,3-6,11-15H2,1-2H3. The van der Waals surface area contributed by atoms with Crippen molar-refractivity contribution < 1.29 is 13.8 Å². The van der Waals surface area contributed by atoms with E-state index in [1.54, 1.807) is 0 Å². The molecule has 9 heteroatoms. The van der Waals surface area contributed by atoms with Crippen molar-refractivity contribution in [3.8, 4) is 11.4 Å². The van der Waals surface area contributed by atoms with Gasteiger partial charge in [-0.1, -0.05) is 47.1 Å². The second kappa shape index (κ2) is 9.82. The fourth-order valence-corrected chi connectivity index (χ4v) is 3.57. The lowest BCUT2D eigenvalue weighted by Gasteiger charge is -2.34. The van der Waals surface area contributed by atoms with Crippen molar-refractivity contribution in [3.63, 3.8) is 0 Å². The third-order valence-electron chi connectivity index (χ3n) is 5.47. The summed E-state index contributed by atoms with van der Waals surface area (Å²) >= 11 is 0. The summed E-state index contributed by atoms with van der Waals surface area (Å²) in [5.41, 5.74) is 2.14. The van der Waals surface area contributed by atoms with Crippen LogP contribution < -0.4 is 0 Å². The first-order valence-electron chi connectivity index (χ1n) is 10.8. The molecule has 0 unspecified atom stereocenters. The second-order valence-corrected chi connectivity index (χ2v) is 7.85. The van der Waals surface area contributed by atoms with E-state index in [1.165, 1.54) is 5.56 Å². The van der Waals surface area contributed by atoms with Gasteiger partial charge in [-0.2, -0.15) is 9.97 Å². The van der Waals surface area contributed by atoms with Gasteiger partial charge in [-0.25, -0.2) is 0 Å². The van der Waals surface area contributed by atoms with E-state index >= 15 is 0 Å². The van der Waals surface area contributed by atoms with Crippen molar-refractivity contribution in [2.75, 3.05) is 26.2 Å². The van der Waals surface area contributed by atoms with Crippen LogP contribution in [0, 0.1) is 6.92 Å². The zero-order valence-electron chi connectivity index (χ0n) is 18.1. The molecule has 0 atom stereocenters. The maximum absolute atomic E-state index is 12.5. The Hall–Kier alpha value is -3.07. The molecule has 0 radical (unpaired) electrons. The third-order valence-corrected chi connectivity index (χ3v) is 5.47. The lowest BCUT2D eigenvalue weighted by molar-refractivity contribution is -0.133. The molecular weight excluding hydrogens is 396 g/mol. The molecule has 3 heterocycles. The molecule has 1 amide bonds. The van der Waals surface area contributed by atoms with E-state index in [2.05, 4.69) is 25.2 Å². The molecule has 1 saturated heterocycles. The van der Waals surface area contributed by atoms with Gasteiger partial charge in [0, 0.05) is 51.0 Å². The van der Waals surface area contributed by atoms with Gasteiger partial charge in [-0.3, -0.25) is 9.69 Å². The highest BCUT2D eigenvalue weighted by molar-refractivity contribution is 5.76. The van der Waals surface area contributed by atoms with E-state index in [9.17, 15) is 4.79 Å². The molecule has 3 aromatic rings. The molecule has 0 N–H and O–H groups in total. The number of hydrogen-bond donors (Lipinski definition) is 0. The van der Waals surface area contributed by atoms with Crippen molar-refractivity contribution in [1.82, 2.24) is 30.1 Å². The summed E-state index contributed by atoms with van der Waals surface area (Å²) < 4.78 is 10.6. The summed E-state index contributed by atoms with van der Waals surface area (Å²) in [4.78, 5) is 25.5. The summed E-state index contributed by atoms with van der Waals surface area (Å²) in [7, 11) is 0. The maximum Gasteiger partial charge on any atom is 0.241 e. The van der Waals surface area contributed by atoms with E-state index in [4.69, 9.17) is 9.05 Å². The minimum atomic E-state index is 0.175. The average molecular weight is 425 g/mol. The van der Waals surface area contributed by atoms with Crippen molar-refractivity contribution in [2.24, 2.45) is 0 Å². The monoisotopic (exact) mass is 424 g/mol. The molecule has 0 saturated carbocycles. The van der Waals surface area contributed by atoms with Gasteiger partial charge >= 0.3 is 0 Å². The zero-order valence-corrected chi connectivity index (χ0v) is 18.1. The van der Waals surface area contributed by atoms with E-state index in [0.29, 0.717) is 62.3 Å². The van der Waals surface area contributed by atoms with Crippen LogP contribution in [0.25, 0.3) is 11.4 Å². The molecule has 0 bridgehead atoms. The molecule has 9 nitrogen and oxygen atoms in total. The van der Waals surface area contributed by atoms with Crippen LogP contribution in [0.1, 0.15) is 42.9 Å². The predicted octanol–water partition coefficient (Wildman–Crippen LogP) is 2.66. The Bertz CT molecular complexity index is 989. The number of aryl methyl sites for hydroxylation is 3. The Morgan fingerprint density at radius 1 is 1.00 bits per heavy atom. The average Bonchev–Trinajstić information content (AvgIpc) is 3.44. The number of aromatic nitrogens is 4. The highest BCUT2D eigenvalue weighted by Gasteiger charge is 2.22. The Balaban J connectivity index is 1.20. The quantitative estimate of drug-likeness (QED) is 0.544. The van der Waals surface area contributed by atoms with Crippen LogP contribution >= 0.6 is 0 Å². The summed E-state index contributed by atoms with van der Waals surface area (Å²) in [6.45, 7) is 7.62. The molecule has 31 heavy (non-hydrogen) atoms. The molecular formula is C22H28N6O3. The van der Waals surface area contributed by atoms with Crippen molar-refractivity contribution in [3.05, 3.63) is 47.4 Å². The van der Waals surface area contributed by atoms with Crippen LogP contribution in [0.2, 0.25) is 0 Å². The van der Waals surface area contributed by atoms with Gasteiger partial charge in [0.1, 0.15) is 0 Å². The predicted molar refractivity (Wildman–Crippen MR) is 113 cm³/mol. The van der Waals surface area contributed by atoms with Gasteiger partial charge in [-0.15, -0.1) is 0 Å². The SMILES string of the molecule is CCc1noc(CCCC(=O)N2CCN(Cc3nc(-c4ccc(C)cc4)no3)CC2)n1. The third kappa shape index (κ3) is 5.55. The first kappa shape index (κ1) is 21.2. The lowest BCUT2D eigenvalue weighted by atomic mass is 10.1. The first-order chi connectivity index (χ1) is 15.1. The van der Waals surface area contributed by atoms with Crippen LogP contribution in [-0.2, 0) is 24.2 Å². The van der Waals surface area contributed by atoms with Crippen molar-refractivity contribution >= 4 is 5.91 Å². The fraction of sp³-hybridized carbons (Fsp3) is 0.500. The van der Waals surface area contributed by atoms with Crippen LogP contribution in [0.5, 0.6) is 0 Å². The van der Waals surface area contributed by atoms with Crippen molar-refractivity contribution in [1.29, 1.82) is 0 Å². The Morgan fingerprint density at radius 3 is 2.45 bits per heavy atom.